The van der Waals surface area contributed by atoms with E-state index in [1.165, 1.54) is 24.1 Å². The van der Waals surface area contributed by atoms with E-state index in [9.17, 15) is 19.7 Å². The summed E-state index contributed by atoms with van der Waals surface area (Å²) < 4.78 is 5.10. The third kappa shape index (κ3) is 3.08. The molecule has 0 fully saturated rings. The van der Waals surface area contributed by atoms with Gasteiger partial charge < -0.3 is 15.0 Å². The van der Waals surface area contributed by atoms with Crippen molar-refractivity contribution < 1.29 is 19.2 Å². The van der Waals surface area contributed by atoms with Crippen molar-refractivity contribution in [2.45, 2.75) is 19.4 Å². The van der Waals surface area contributed by atoms with Gasteiger partial charge in [0.2, 0.25) is 0 Å². The zero-order chi connectivity index (χ0) is 18.8. The van der Waals surface area contributed by atoms with E-state index in [1.807, 2.05) is 19.1 Å². The van der Waals surface area contributed by atoms with Gasteiger partial charge in [-0.05, 0) is 31.0 Å². The Morgan fingerprint density at radius 1 is 1.27 bits per heavy atom. The van der Waals surface area contributed by atoms with Crippen molar-refractivity contribution in [3.8, 4) is 5.75 Å². The van der Waals surface area contributed by atoms with Crippen LogP contribution in [0.1, 0.15) is 12.5 Å². The second-order valence-electron chi connectivity index (χ2n) is 5.95. The minimum Gasteiger partial charge on any atom is -0.495 e. The maximum absolute atomic E-state index is 12.7. The Hall–Kier alpha value is -3.42. The summed E-state index contributed by atoms with van der Waals surface area (Å²) in [7, 11) is 1.37. The first-order valence-electron chi connectivity index (χ1n) is 7.97. The Bertz CT molecular complexity index is 896. The third-order valence-electron chi connectivity index (χ3n) is 4.26. The Morgan fingerprint density at radius 2 is 2.00 bits per heavy atom. The molecule has 134 valence electrons. The Morgan fingerprint density at radius 3 is 2.69 bits per heavy atom. The van der Waals surface area contributed by atoms with Gasteiger partial charge in [0, 0.05) is 23.9 Å². The number of para-hydroxylation sites is 1. The summed E-state index contributed by atoms with van der Waals surface area (Å²) in [5, 5.41) is 13.4. The molecule has 0 saturated heterocycles. The van der Waals surface area contributed by atoms with E-state index in [0.29, 0.717) is 12.1 Å². The molecule has 1 N–H and O–H groups in total. The van der Waals surface area contributed by atoms with Gasteiger partial charge in [-0.25, -0.2) is 0 Å². The fraction of sp³-hybridized carbons (Fsp3) is 0.222. The Labute approximate surface area is 149 Å². The molecule has 0 aromatic heterocycles. The second-order valence-corrected chi connectivity index (χ2v) is 5.95. The standard InChI is InChI=1S/C18H17N3O5/c1-11-9-12-5-3-4-6-15(12)20(11)18(23)17(22)19-14-10-13(21(24)25)7-8-16(14)26-2/h3-8,10-11H,9H2,1-2H3,(H,19,22). The molecule has 0 saturated carbocycles. The SMILES string of the molecule is COc1ccc([N+](=O)[O-])cc1NC(=O)C(=O)N1c2ccccc2CC1C. The molecule has 0 aliphatic carbocycles. The largest absolute Gasteiger partial charge is 0.495 e. The summed E-state index contributed by atoms with van der Waals surface area (Å²) in [6.45, 7) is 1.86. The molecule has 1 atom stereocenters. The van der Waals surface area contributed by atoms with Gasteiger partial charge in [0.05, 0.1) is 17.7 Å². The number of methoxy groups -OCH3 is 1. The van der Waals surface area contributed by atoms with Crippen LogP contribution in [0.15, 0.2) is 42.5 Å². The molecule has 1 heterocycles. The number of hydrogen-bond donors (Lipinski definition) is 1. The minimum absolute atomic E-state index is 0.0696. The van der Waals surface area contributed by atoms with Crippen LogP contribution in [-0.4, -0.2) is 29.9 Å². The first-order valence-corrected chi connectivity index (χ1v) is 7.97. The maximum Gasteiger partial charge on any atom is 0.316 e. The Balaban J connectivity index is 1.86. The maximum atomic E-state index is 12.7. The number of hydrogen-bond acceptors (Lipinski definition) is 5. The van der Waals surface area contributed by atoms with E-state index in [1.54, 1.807) is 12.1 Å². The van der Waals surface area contributed by atoms with Crippen molar-refractivity contribution in [1.29, 1.82) is 0 Å². The molecule has 0 radical (unpaired) electrons. The third-order valence-corrected chi connectivity index (χ3v) is 4.26. The molecule has 26 heavy (non-hydrogen) atoms. The number of rotatable bonds is 3. The summed E-state index contributed by atoms with van der Waals surface area (Å²) >= 11 is 0. The van der Waals surface area contributed by atoms with Crippen molar-refractivity contribution in [2.75, 3.05) is 17.3 Å². The molecule has 2 aromatic carbocycles. The van der Waals surface area contributed by atoms with Crippen LogP contribution in [-0.2, 0) is 16.0 Å². The van der Waals surface area contributed by atoms with E-state index >= 15 is 0 Å². The van der Waals surface area contributed by atoms with Crippen LogP contribution in [0.25, 0.3) is 0 Å². The number of carbonyl (C=O) groups excluding carboxylic acids is 2. The number of nitrogens with zero attached hydrogens (tertiary/aromatic N) is 2. The monoisotopic (exact) mass is 355 g/mol. The molecule has 1 aliphatic heterocycles. The van der Waals surface area contributed by atoms with Gasteiger partial charge in [-0.3, -0.25) is 19.7 Å². The van der Waals surface area contributed by atoms with Crippen LogP contribution >= 0.6 is 0 Å². The molecule has 1 aliphatic rings. The number of ether oxygens (including phenoxy) is 1. The predicted molar refractivity (Wildman–Crippen MR) is 95.4 cm³/mol. The van der Waals surface area contributed by atoms with Crippen LogP contribution in [0.2, 0.25) is 0 Å². The van der Waals surface area contributed by atoms with Crippen molar-refractivity contribution in [3.05, 3.63) is 58.1 Å². The predicted octanol–water partition coefficient (Wildman–Crippen LogP) is 2.52. The summed E-state index contributed by atoms with van der Waals surface area (Å²) in [6.07, 6.45) is 0.662. The molecule has 0 spiro atoms. The van der Waals surface area contributed by atoms with Crippen molar-refractivity contribution >= 4 is 28.9 Å². The Kier molecular flexibility index (Phi) is 4.57. The number of nitro groups is 1. The number of non-ortho nitro benzene ring substituents is 1. The normalized spacial score (nSPS) is 15.3. The van der Waals surface area contributed by atoms with E-state index in [0.717, 1.165) is 11.6 Å². The molecular formula is C18H17N3O5. The molecule has 1 unspecified atom stereocenters. The van der Waals surface area contributed by atoms with Gasteiger partial charge in [-0.2, -0.15) is 0 Å². The lowest BCUT2D eigenvalue weighted by Crippen LogP contribution is -2.43. The lowest BCUT2D eigenvalue weighted by atomic mass is 10.1. The van der Waals surface area contributed by atoms with Gasteiger partial charge in [0.1, 0.15) is 5.75 Å². The quantitative estimate of drug-likeness (QED) is 0.518. The van der Waals surface area contributed by atoms with Gasteiger partial charge >= 0.3 is 11.8 Å². The highest BCUT2D eigenvalue weighted by molar-refractivity contribution is 6.44. The highest BCUT2D eigenvalue weighted by atomic mass is 16.6. The zero-order valence-corrected chi connectivity index (χ0v) is 14.3. The number of nitrogens with one attached hydrogen (secondary N) is 1. The molecule has 0 bridgehead atoms. The summed E-state index contributed by atoms with van der Waals surface area (Å²) in [5.74, 6) is -1.38. The van der Waals surface area contributed by atoms with Crippen molar-refractivity contribution in [2.24, 2.45) is 0 Å². The smallest absolute Gasteiger partial charge is 0.316 e. The molecule has 3 rings (SSSR count). The number of amides is 2. The lowest BCUT2D eigenvalue weighted by molar-refractivity contribution is -0.384. The van der Waals surface area contributed by atoms with Crippen LogP contribution < -0.4 is 15.0 Å². The number of benzene rings is 2. The highest BCUT2D eigenvalue weighted by Gasteiger charge is 2.34. The fourth-order valence-electron chi connectivity index (χ4n) is 3.07. The van der Waals surface area contributed by atoms with Crippen LogP contribution in [0.5, 0.6) is 5.75 Å². The summed E-state index contributed by atoms with van der Waals surface area (Å²) in [4.78, 5) is 36.9. The summed E-state index contributed by atoms with van der Waals surface area (Å²) in [6, 6.07) is 11.0. The number of anilines is 2. The van der Waals surface area contributed by atoms with Crippen molar-refractivity contribution in [3.63, 3.8) is 0 Å². The molecule has 2 aromatic rings. The van der Waals surface area contributed by atoms with Crippen LogP contribution in [0, 0.1) is 10.1 Å². The minimum atomic E-state index is -0.882. The highest BCUT2D eigenvalue weighted by Crippen LogP contribution is 2.33. The van der Waals surface area contributed by atoms with Crippen LogP contribution in [0.3, 0.4) is 0 Å². The topological polar surface area (TPSA) is 102 Å². The first kappa shape index (κ1) is 17.4. The molecule has 2 amide bonds. The molecule has 8 nitrogen and oxygen atoms in total. The molecule has 8 heteroatoms. The first-order chi connectivity index (χ1) is 12.4. The fourth-order valence-corrected chi connectivity index (χ4v) is 3.07. The number of carbonyl (C=O) groups is 2. The summed E-state index contributed by atoms with van der Waals surface area (Å²) in [5.41, 5.74) is 1.55. The molecular weight excluding hydrogens is 338 g/mol. The van der Waals surface area contributed by atoms with E-state index < -0.39 is 16.7 Å². The zero-order valence-electron chi connectivity index (χ0n) is 14.3. The van der Waals surface area contributed by atoms with E-state index in [4.69, 9.17) is 4.74 Å². The van der Waals surface area contributed by atoms with E-state index in [-0.39, 0.29) is 23.2 Å². The number of fused-ring (bicyclic) bond motifs is 1. The van der Waals surface area contributed by atoms with E-state index in [2.05, 4.69) is 5.32 Å². The van der Waals surface area contributed by atoms with Gasteiger partial charge in [0.15, 0.2) is 0 Å². The average Bonchev–Trinajstić information content (AvgIpc) is 2.96. The lowest BCUT2D eigenvalue weighted by Gasteiger charge is -2.22. The second kappa shape index (κ2) is 6.83. The average molecular weight is 355 g/mol. The van der Waals surface area contributed by atoms with Gasteiger partial charge in [-0.1, -0.05) is 18.2 Å². The van der Waals surface area contributed by atoms with Gasteiger partial charge in [0.25, 0.3) is 5.69 Å². The number of nitro benzene ring substituents is 1. The van der Waals surface area contributed by atoms with Crippen LogP contribution in [0.4, 0.5) is 17.1 Å². The van der Waals surface area contributed by atoms with Crippen molar-refractivity contribution in [1.82, 2.24) is 0 Å². The van der Waals surface area contributed by atoms with Gasteiger partial charge in [-0.15, -0.1) is 0 Å².